The first-order valence-corrected chi connectivity index (χ1v) is 7.13. The Balaban J connectivity index is 1.86. The molecule has 1 fully saturated rings. The zero-order valence-electron chi connectivity index (χ0n) is 11.7. The third-order valence-corrected chi connectivity index (χ3v) is 3.67. The van der Waals surface area contributed by atoms with Gasteiger partial charge < -0.3 is 10.2 Å². The lowest BCUT2D eigenvalue weighted by atomic mass is 10.0. The van der Waals surface area contributed by atoms with Crippen molar-refractivity contribution in [3.05, 3.63) is 35.9 Å². The van der Waals surface area contributed by atoms with Crippen LogP contribution in [0.25, 0.3) is 0 Å². The Morgan fingerprint density at radius 3 is 2.62 bits per heavy atom. The van der Waals surface area contributed by atoms with Gasteiger partial charge in [-0.1, -0.05) is 30.3 Å². The third kappa shape index (κ3) is 4.37. The molecular weight excluding hydrogens is 281 g/mol. The number of carbonyl (C=O) groups is 1. The molecule has 3 nitrogen and oxygen atoms in total. The predicted octanol–water partition coefficient (Wildman–Crippen LogP) is 3.36. The molecule has 0 saturated carbocycles. The molecule has 1 N–H and O–H groups in total. The number of amides is 2. The van der Waals surface area contributed by atoms with Crippen LogP contribution in [0.15, 0.2) is 30.3 Å². The van der Waals surface area contributed by atoms with E-state index in [2.05, 4.69) is 5.32 Å². The van der Waals surface area contributed by atoms with Gasteiger partial charge in [-0.05, 0) is 31.2 Å². The van der Waals surface area contributed by atoms with Crippen molar-refractivity contribution in [1.82, 2.24) is 10.2 Å². The van der Waals surface area contributed by atoms with Crippen molar-refractivity contribution in [2.24, 2.45) is 0 Å². The molecule has 0 spiro atoms. The summed E-state index contributed by atoms with van der Waals surface area (Å²) >= 11 is 0. The van der Waals surface area contributed by atoms with Gasteiger partial charge >= 0.3 is 12.2 Å². The van der Waals surface area contributed by atoms with Crippen LogP contribution in [0, 0.1) is 0 Å². The maximum atomic E-state index is 12.9. The minimum absolute atomic E-state index is 0.00436. The van der Waals surface area contributed by atoms with E-state index in [1.165, 1.54) is 0 Å². The van der Waals surface area contributed by atoms with Crippen LogP contribution in [0.1, 0.15) is 24.8 Å². The summed E-state index contributed by atoms with van der Waals surface area (Å²) in [6.07, 6.45) is -2.61. The first-order chi connectivity index (χ1) is 9.98. The second-order valence-corrected chi connectivity index (χ2v) is 5.21. The maximum Gasteiger partial charge on any atom is 0.408 e. The Morgan fingerprint density at radius 1 is 1.24 bits per heavy atom. The van der Waals surface area contributed by atoms with Gasteiger partial charge in [-0.15, -0.1) is 0 Å². The lowest BCUT2D eigenvalue weighted by molar-refractivity contribution is -0.182. The van der Waals surface area contributed by atoms with Crippen molar-refractivity contribution >= 4 is 6.03 Å². The summed E-state index contributed by atoms with van der Waals surface area (Å²) in [5.74, 6) is 0. The van der Waals surface area contributed by atoms with Crippen molar-refractivity contribution in [2.45, 2.75) is 37.9 Å². The normalized spacial score (nSPS) is 19.4. The van der Waals surface area contributed by atoms with Crippen molar-refractivity contribution in [3.63, 3.8) is 0 Å². The molecule has 1 atom stereocenters. The summed E-state index contributed by atoms with van der Waals surface area (Å²) in [6, 6.07) is 7.25. The molecule has 1 saturated heterocycles. The standard InChI is InChI=1S/C15H19F3N2O/c16-15(17,18)13-8-4-5-11-20(13)14(21)19-10-9-12-6-2-1-3-7-12/h1-3,6-7,13H,4-5,8-11H2,(H,19,21). The van der Waals surface area contributed by atoms with Crippen LogP contribution in [0.2, 0.25) is 0 Å². The number of benzene rings is 1. The van der Waals surface area contributed by atoms with Gasteiger partial charge in [0.1, 0.15) is 6.04 Å². The number of likely N-dealkylation sites (tertiary alicyclic amines) is 1. The lowest BCUT2D eigenvalue weighted by Crippen LogP contribution is -2.54. The molecule has 2 amide bonds. The van der Waals surface area contributed by atoms with E-state index in [0.717, 1.165) is 10.5 Å². The number of nitrogens with one attached hydrogen (secondary N) is 1. The average molecular weight is 300 g/mol. The topological polar surface area (TPSA) is 32.3 Å². The fraction of sp³-hybridized carbons (Fsp3) is 0.533. The Hall–Kier alpha value is -1.72. The summed E-state index contributed by atoms with van der Waals surface area (Å²) in [4.78, 5) is 12.9. The monoisotopic (exact) mass is 300 g/mol. The van der Waals surface area contributed by atoms with Gasteiger partial charge in [0.25, 0.3) is 0 Å². The summed E-state index contributed by atoms with van der Waals surface area (Å²) in [5, 5.41) is 2.59. The molecule has 1 aliphatic rings. The van der Waals surface area contributed by atoms with Crippen molar-refractivity contribution in [1.29, 1.82) is 0 Å². The molecule has 21 heavy (non-hydrogen) atoms. The summed E-state index contributed by atoms with van der Waals surface area (Å²) < 4.78 is 38.8. The van der Waals surface area contributed by atoms with Crippen LogP contribution >= 0.6 is 0 Å². The smallest absolute Gasteiger partial charge is 0.338 e. The Bertz CT molecular complexity index is 462. The molecule has 6 heteroatoms. The largest absolute Gasteiger partial charge is 0.408 e. The summed E-state index contributed by atoms with van der Waals surface area (Å²) in [7, 11) is 0. The molecule has 2 rings (SSSR count). The molecule has 1 aromatic rings. The van der Waals surface area contributed by atoms with Crippen LogP contribution < -0.4 is 5.32 Å². The number of alkyl halides is 3. The molecule has 0 radical (unpaired) electrons. The molecule has 1 aromatic carbocycles. The van der Waals surface area contributed by atoms with E-state index >= 15 is 0 Å². The second-order valence-electron chi connectivity index (χ2n) is 5.21. The average Bonchev–Trinajstić information content (AvgIpc) is 2.47. The highest BCUT2D eigenvalue weighted by atomic mass is 19.4. The SMILES string of the molecule is O=C(NCCc1ccccc1)N1CCCCC1C(F)(F)F. The van der Waals surface area contributed by atoms with Gasteiger partial charge in [-0.2, -0.15) is 13.2 Å². The van der Waals surface area contributed by atoms with Gasteiger partial charge in [0, 0.05) is 13.1 Å². The number of piperidine rings is 1. The van der Waals surface area contributed by atoms with Crippen LogP contribution in [0.3, 0.4) is 0 Å². The third-order valence-electron chi connectivity index (χ3n) is 3.67. The van der Waals surface area contributed by atoms with Crippen LogP contribution in [-0.2, 0) is 6.42 Å². The van der Waals surface area contributed by atoms with Crippen molar-refractivity contribution in [2.75, 3.05) is 13.1 Å². The van der Waals surface area contributed by atoms with Crippen LogP contribution in [0.5, 0.6) is 0 Å². The number of urea groups is 1. The number of hydrogen-bond acceptors (Lipinski definition) is 1. The molecule has 0 bridgehead atoms. The molecule has 0 aliphatic carbocycles. The van der Waals surface area contributed by atoms with E-state index < -0.39 is 18.2 Å². The predicted molar refractivity (Wildman–Crippen MR) is 73.9 cm³/mol. The Labute approximate surface area is 122 Å². The van der Waals surface area contributed by atoms with E-state index in [4.69, 9.17) is 0 Å². The first kappa shape index (κ1) is 15.7. The minimum atomic E-state index is -4.35. The van der Waals surface area contributed by atoms with Gasteiger partial charge in [-0.3, -0.25) is 0 Å². The molecule has 116 valence electrons. The number of halogens is 3. The summed E-state index contributed by atoms with van der Waals surface area (Å²) in [5.41, 5.74) is 1.05. The van der Waals surface area contributed by atoms with E-state index in [9.17, 15) is 18.0 Å². The number of carbonyl (C=O) groups excluding carboxylic acids is 1. The molecular formula is C15H19F3N2O. The molecule has 1 unspecified atom stereocenters. The van der Waals surface area contributed by atoms with Crippen molar-refractivity contribution < 1.29 is 18.0 Å². The Kier molecular flexibility index (Phi) is 5.09. The maximum absolute atomic E-state index is 12.9. The molecule has 1 aliphatic heterocycles. The second kappa shape index (κ2) is 6.83. The first-order valence-electron chi connectivity index (χ1n) is 7.13. The Morgan fingerprint density at radius 2 is 1.95 bits per heavy atom. The fourth-order valence-electron chi connectivity index (χ4n) is 2.57. The highest BCUT2D eigenvalue weighted by Crippen LogP contribution is 2.31. The van der Waals surface area contributed by atoms with E-state index in [-0.39, 0.29) is 13.0 Å². The van der Waals surface area contributed by atoms with Crippen molar-refractivity contribution in [3.8, 4) is 0 Å². The highest BCUT2D eigenvalue weighted by Gasteiger charge is 2.46. The van der Waals surface area contributed by atoms with Gasteiger partial charge in [0.15, 0.2) is 0 Å². The van der Waals surface area contributed by atoms with Gasteiger partial charge in [-0.25, -0.2) is 4.79 Å². The zero-order valence-corrected chi connectivity index (χ0v) is 11.7. The van der Waals surface area contributed by atoms with E-state index in [0.29, 0.717) is 25.8 Å². The molecule has 0 aromatic heterocycles. The van der Waals surface area contributed by atoms with E-state index in [1.807, 2.05) is 30.3 Å². The van der Waals surface area contributed by atoms with Crippen LogP contribution in [0.4, 0.5) is 18.0 Å². The van der Waals surface area contributed by atoms with Gasteiger partial charge in [0.2, 0.25) is 0 Å². The molecule has 1 heterocycles. The number of nitrogens with zero attached hydrogens (tertiary/aromatic N) is 1. The number of rotatable bonds is 3. The van der Waals surface area contributed by atoms with Gasteiger partial charge in [0.05, 0.1) is 0 Å². The fourth-order valence-corrected chi connectivity index (χ4v) is 2.57. The number of hydrogen-bond donors (Lipinski definition) is 1. The minimum Gasteiger partial charge on any atom is -0.338 e. The summed E-state index contributed by atoms with van der Waals surface area (Å²) in [6.45, 7) is 0.505. The quantitative estimate of drug-likeness (QED) is 0.912. The van der Waals surface area contributed by atoms with Crippen LogP contribution in [-0.4, -0.2) is 36.2 Å². The zero-order chi connectivity index (χ0) is 15.3. The lowest BCUT2D eigenvalue weighted by Gasteiger charge is -2.36. The highest BCUT2D eigenvalue weighted by molar-refractivity contribution is 5.74. The van der Waals surface area contributed by atoms with E-state index in [1.54, 1.807) is 0 Å².